The van der Waals surface area contributed by atoms with Gasteiger partial charge in [-0.15, -0.1) is 0 Å². The molecule has 9 nitrogen and oxygen atoms in total. The summed E-state index contributed by atoms with van der Waals surface area (Å²) in [4.78, 5) is 11.6. The topological polar surface area (TPSA) is 158 Å². The number of nitrogens with two attached hydrogens (primary N) is 1. The first-order chi connectivity index (χ1) is 10.2. The van der Waals surface area contributed by atoms with Crippen LogP contribution in [-0.4, -0.2) is 39.3 Å². The Bertz CT molecular complexity index is 792. The molecule has 10 heteroatoms. The van der Waals surface area contributed by atoms with Crippen LogP contribution in [-0.2, 0) is 14.6 Å². The number of nitriles is 1. The van der Waals surface area contributed by atoms with E-state index in [1.54, 1.807) is 6.07 Å². The van der Waals surface area contributed by atoms with Crippen molar-refractivity contribution >= 4 is 33.0 Å². The first-order valence-corrected chi connectivity index (χ1v) is 7.60. The number of esters is 1. The number of nitrogens with one attached hydrogen (secondary N) is 2. The molecule has 0 aliphatic heterocycles. The molecule has 1 aromatic carbocycles. The fourth-order valence-corrected chi connectivity index (χ4v) is 2.04. The molecule has 0 saturated carbocycles. The van der Waals surface area contributed by atoms with E-state index in [1.165, 1.54) is 12.1 Å². The molecule has 0 bridgehead atoms. The number of amidine groups is 1. The molecule has 116 valence electrons. The standard InChI is InChI=1S/C12H13N5O4S/c1-21-12(18)8-5-7(22(2,19)20)3-4-9(8)16-17-10(6-13)11(14)15/h3-5,16H,1-2H3,(H3,14,15)/b17-10+. The van der Waals surface area contributed by atoms with E-state index in [9.17, 15) is 13.2 Å². The average Bonchev–Trinajstić information content (AvgIpc) is 2.45. The fraction of sp³-hybridized carbons (Fsp3) is 0.167. The van der Waals surface area contributed by atoms with E-state index in [0.29, 0.717) is 0 Å². The van der Waals surface area contributed by atoms with Gasteiger partial charge in [-0.3, -0.25) is 10.8 Å². The van der Waals surface area contributed by atoms with Crippen molar-refractivity contribution in [2.75, 3.05) is 18.8 Å². The van der Waals surface area contributed by atoms with Crippen molar-refractivity contribution in [3.8, 4) is 6.07 Å². The second kappa shape index (κ2) is 6.68. The largest absolute Gasteiger partial charge is 0.465 e. The van der Waals surface area contributed by atoms with Gasteiger partial charge in [0.05, 0.1) is 23.3 Å². The minimum absolute atomic E-state index is 0.0745. The van der Waals surface area contributed by atoms with Crippen molar-refractivity contribution in [1.82, 2.24) is 0 Å². The minimum Gasteiger partial charge on any atom is -0.465 e. The Kier molecular flexibility index (Phi) is 5.20. The molecule has 0 aliphatic carbocycles. The van der Waals surface area contributed by atoms with Gasteiger partial charge in [-0.2, -0.15) is 10.4 Å². The van der Waals surface area contributed by atoms with Crippen LogP contribution in [0.5, 0.6) is 0 Å². The van der Waals surface area contributed by atoms with Crippen molar-refractivity contribution in [2.24, 2.45) is 10.8 Å². The number of anilines is 1. The maximum atomic E-state index is 11.7. The monoisotopic (exact) mass is 323 g/mol. The highest BCUT2D eigenvalue weighted by Gasteiger charge is 2.17. The second-order valence-electron chi connectivity index (χ2n) is 4.07. The number of nitrogens with zero attached hydrogens (tertiary/aromatic N) is 2. The first kappa shape index (κ1) is 17.1. The van der Waals surface area contributed by atoms with E-state index in [4.69, 9.17) is 16.4 Å². The van der Waals surface area contributed by atoms with Gasteiger partial charge >= 0.3 is 5.97 Å². The highest BCUT2D eigenvalue weighted by atomic mass is 32.2. The molecule has 4 N–H and O–H groups in total. The van der Waals surface area contributed by atoms with Gasteiger partial charge in [-0.05, 0) is 18.2 Å². The average molecular weight is 323 g/mol. The number of hydrogen-bond donors (Lipinski definition) is 3. The van der Waals surface area contributed by atoms with Crippen LogP contribution in [0, 0.1) is 16.7 Å². The molecule has 0 radical (unpaired) electrons. The van der Waals surface area contributed by atoms with Crippen molar-refractivity contribution < 1.29 is 17.9 Å². The third-order valence-corrected chi connectivity index (χ3v) is 3.58. The third-order valence-electron chi connectivity index (χ3n) is 2.47. The van der Waals surface area contributed by atoms with Crippen LogP contribution < -0.4 is 11.2 Å². The number of rotatable bonds is 5. The highest BCUT2D eigenvalue weighted by molar-refractivity contribution is 7.90. The predicted octanol–water partition coefficient (Wildman–Crippen LogP) is 0.104. The van der Waals surface area contributed by atoms with Crippen LogP contribution in [0.15, 0.2) is 28.2 Å². The molecule has 0 aromatic heterocycles. The molecule has 0 spiro atoms. The van der Waals surface area contributed by atoms with Gasteiger partial charge in [-0.1, -0.05) is 0 Å². The lowest BCUT2D eigenvalue weighted by molar-refractivity contribution is 0.0601. The second-order valence-corrected chi connectivity index (χ2v) is 6.08. The molecule has 0 aliphatic rings. The fourth-order valence-electron chi connectivity index (χ4n) is 1.39. The molecule has 0 amide bonds. The summed E-state index contributed by atoms with van der Waals surface area (Å²) in [5.41, 5.74) is 7.15. The van der Waals surface area contributed by atoms with Gasteiger partial charge in [0.2, 0.25) is 5.71 Å². The summed E-state index contributed by atoms with van der Waals surface area (Å²) in [5, 5.41) is 19.4. The normalized spacial score (nSPS) is 11.4. The quantitative estimate of drug-likeness (QED) is 0.300. The molecule has 0 fully saturated rings. The van der Waals surface area contributed by atoms with E-state index in [1.807, 2.05) is 0 Å². The van der Waals surface area contributed by atoms with Crippen LogP contribution >= 0.6 is 0 Å². The number of benzene rings is 1. The number of methoxy groups -OCH3 is 1. The number of hydrazone groups is 1. The molecule has 22 heavy (non-hydrogen) atoms. The lowest BCUT2D eigenvalue weighted by Crippen LogP contribution is -2.22. The lowest BCUT2D eigenvalue weighted by atomic mass is 10.2. The summed E-state index contributed by atoms with van der Waals surface area (Å²) in [7, 11) is -2.37. The lowest BCUT2D eigenvalue weighted by Gasteiger charge is -2.09. The van der Waals surface area contributed by atoms with Crippen LogP contribution in [0.2, 0.25) is 0 Å². The van der Waals surface area contributed by atoms with E-state index in [2.05, 4.69) is 15.3 Å². The van der Waals surface area contributed by atoms with Crippen LogP contribution in [0.4, 0.5) is 5.69 Å². The van der Waals surface area contributed by atoms with Crippen molar-refractivity contribution in [3.63, 3.8) is 0 Å². The van der Waals surface area contributed by atoms with Gasteiger partial charge in [0, 0.05) is 6.26 Å². The Morgan fingerprint density at radius 3 is 2.59 bits per heavy atom. The zero-order valence-corrected chi connectivity index (χ0v) is 12.6. The van der Waals surface area contributed by atoms with Gasteiger partial charge in [0.25, 0.3) is 0 Å². The number of carbonyl (C=O) groups excluding carboxylic acids is 1. The predicted molar refractivity (Wildman–Crippen MR) is 79.5 cm³/mol. The van der Waals surface area contributed by atoms with E-state index in [-0.39, 0.29) is 21.9 Å². The molecular weight excluding hydrogens is 310 g/mol. The zero-order chi connectivity index (χ0) is 16.9. The number of sulfone groups is 1. The summed E-state index contributed by atoms with van der Waals surface area (Å²) in [6.07, 6.45) is 0.998. The number of carbonyl (C=O) groups is 1. The maximum Gasteiger partial charge on any atom is 0.340 e. The summed E-state index contributed by atoms with van der Waals surface area (Å²) >= 11 is 0. The SMILES string of the molecule is COC(=O)c1cc(S(C)(=O)=O)ccc1N/N=C(\C#N)C(=N)N. The first-order valence-electron chi connectivity index (χ1n) is 5.71. The number of ether oxygens (including phenoxy) is 1. The highest BCUT2D eigenvalue weighted by Crippen LogP contribution is 2.21. The van der Waals surface area contributed by atoms with Gasteiger partial charge in [0.1, 0.15) is 6.07 Å². The van der Waals surface area contributed by atoms with Crippen LogP contribution in [0.25, 0.3) is 0 Å². The Labute approximate surface area is 126 Å². The summed E-state index contributed by atoms with van der Waals surface area (Å²) < 4.78 is 27.6. The maximum absolute atomic E-state index is 11.7. The molecule has 0 saturated heterocycles. The minimum atomic E-state index is -3.51. The van der Waals surface area contributed by atoms with Crippen molar-refractivity contribution in [1.29, 1.82) is 10.7 Å². The van der Waals surface area contributed by atoms with Gasteiger partial charge < -0.3 is 10.5 Å². The van der Waals surface area contributed by atoms with E-state index in [0.717, 1.165) is 19.4 Å². The summed E-state index contributed by atoms with van der Waals surface area (Å²) in [5.74, 6) is -1.34. The van der Waals surface area contributed by atoms with Crippen molar-refractivity contribution in [2.45, 2.75) is 4.90 Å². The van der Waals surface area contributed by atoms with Gasteiger partial charge in [0.15, 0.2) is 15.7 Å². The zero-order valence-electron chi connectivity index (χ0n) is 11.7. The molecule has 1 aromatic rings. The third kappa shape index (κ3) is 4.03. The number of hydrogen-bond acceptors (Lipinski definition) is 8. The smallest absolute Gasteiger partial charge is 0.340 e. The Hall–Kier alpha value is -2.93. The van der Waals surface area contributed by atoms with E-state index >= 15 is 0 Å². The van der Waals surface area contributed by atoms with Crippen LogP contribution in [0.3, 0.4) is 0 Å². The van der Waals surface area contributed by atoms with Crippen LogP contribution in [0.1, 0.15) is 10.4 Å². The molecule has 1 rings (SSSR count). The Morgan fingerprint density at radius 2 is 2.14 bits per heavy atom. The molecule has 0 unspecified atom stereocenters. The Balaban J connectivity index is 3.34. The van der Waals surface area contributed by atoms with Gasteiger partial charge in [-0.25, -0.2) is 13.2 Å². The Morgan fingerprint density at radius 1 is 1.50 bits per heavy atom. The molecule has 0 heterocycles. The molecule has 0 atom stereocenters. The molecular formula is C12H13N5O4S. The van der Waals surface area contributed by atoms with Crippen molar-refractivity contribution in [3.05, 3.63) is 23.8 Å². The summed E-state index contributed by atoms with van der Waals surface area (Å²) in [6.45, 7) is 0. The summed E-state index contributed by atoms with van der Waals surface area (Å²) in [6, 6.07) is 5.28. The van der Waals surface area contributed by atoms with E-state index < -0.39 is 21.6 Å².